The Bertz CT molecular complexity index is 1790. The maximum atomic E-state index is 13.1. The number of aryl methyl sites for hydroxylation is 1. The molecule has 0 radical (unpaired) electrons. The second-order valence-electron chi connectivity index (χ2n) is 10.7. The Labute approximate surface area is 255 Å². The molecule has 1 saturated heterocycles. The summed E-state index contributed by atoms with van der Waals surface area (Å²) in [5.41, 5.74) is 5.16. The molecule has 0 saturated carbocycles. The molecule has 224 valence electrons. The molecular weight excluding hydrogens is 558 g/mol. The molecule has 1 fully saturated rings. The van der Waals surface area contributed by atoms with Crippen molar-refractivity contribution in [1.29, 1.82) is 0 Å². The lowest BCUT2D eigenvalue weighted by Gasteiger charge is -2.26. The molecule has 3 heterocycles. The first kappa shape index (κ1) is 28.9. The summed E-state index contributed by atoms with van der Waals surface area (Å²) in [6, 6.07) is 19.9. The van der Waals surface area contributed by atoms with E-state index in [1.54, 1.807) is 54.5 Å². The van der Waals surface area contributed by atoms with Crippen LogP contribution in [0.25, 0.3) is 17.0 Å². The summed E-state index contributed by atoms with van der Waals surface area (Å²) in [7, 11) is 1.67. The second kappa shape index (κ2) is 12.6. The van der Waals surface area contributed by atoms with Crippen molar-refractivity contribution in [3.8, 4) is 11.3 Å². The number of aromatic nitrogens is 2. The average molecular weight is 592 g/mol. The van der Waals surface area contributed by atoms with Gasteiger partial charge in [0.2, 0.25) is 0 Å². The van der Waals surface area contributed by atoms with E-state index in [1.165, 1.54) is 4.57 Å². The maximum absolute atomic E-state index is 13.1. The summed E-state index contributed by atoms with van der Waals surface area (Å²) in [4.78, 5) is 45.3. The summed E-state index contributed by atoms with van der Waals surface area (Å²) in [6.07, 6.45) is 4.61. The Morgan fingerprint density at radius 3 is 2.34 bits per heavy atom. The normalized spacial score (nSPS) is 14.5. The van der Waals surface area contributed by atoms with Crippen LogP contribution in [-0.2, 0) is 16.5 Å². The van der Waals surface area contributed by atoms with Gasteiger partial charge in [-0.3, -0.25) is 14.4 Å². The number of benzene rings is 3. The fourth-order valence-electron chi connectivity index (χ4n) is 5.25. The molecule has 44 heavy (non-hydrogen) atoms. The molecule has 0 atom stereocenters. The summed E-state index contributed by atoms with van der Waals surface area (Å²) in [5.74, 6) is 0.707. The van der Waals surface area contributed by atoms with Gasteiger partial charge < -0.3 is 29.6 Å². The van der Waals surface area contributed by atoms with Gasteiger partial charge in [-0.25, -0.2) is 4.98 Å². The zero-order chi connectivity index (χ0) is 30.6. The minimum Gasteiger partial charge on any atom is -0.493 e. The van der Waals surface area contributed by atoms with Crippen molar-refractivity contribution in [3.63, 3.8) is 0 Å². The van der Waals surface area contributed by atoms with Crippen LogP contribution in [0.1, 0.15) is 38.3 Å². The zero-order valence-corrected chi connectivity index (χ0v) is 24.6. The molecule has 10 nitrogen and oxygen atoms in total. The number of ether oxygens (including phenoxy) is 2. The number of carbonyl (C=O) groups is 2. The predicted octanol–water partition coefficient (Wildman–Crippen LogP) is 4.99. The summed E-state index contributed by atoms with van der Waals surface area (Å²) in [6.45, 7) is 4.79. The van der Waals surface area contributed by atoms with Crippen LogP contribution in [-0.4, -0.2) is 59.2 Å². The average Bonchev–Trinajstić information content (AvgIpc) is 3.60. The number of amides is 2. The van der Waals surface area contributed by atoms with Crippen LogP contribution >= 0.6 is 0 Å². The lowest BCUT2D eigenvalue weighted by atomic mass is 10.0. The molecule has 2 aliphatic heterocycles. The monoisotopic (exact) mass is 591 g/mol. The van der Waals surface area contributed by atoms with Crippen LogP contribution in [0, 0.1) is 6.92 Å². The minimum absolute atomic E-state index is 0.0494. The van der Waals surface area contributed by atoms with Crippen LogP contribution in [0.5, 0.6) is 0 Å². The molecule has 1 aromatic heterocycles. The van der Waals surface area contributed by atoms with Crippen molar-refractivity contribution >= 4 is 34.8 Å². The van der Waals surface area contributed by atoms with E-state index >= 15 is 0 Å². The third-order valence-electron chi connectivity index (χ3n) is 7.76. The molecular formula is C34H33N5O5. The molecule has 0 aliphatic carbocycles. The summed E-state index contributed by atoms with van der Waals surface area (Å²) in [5, 5.41) is 6.12. The van der Waals surface area contributed by atoms with E-state index < -0.39 is 0 Å². The van der Waals surface area contributed by atoms with Gasteiger partial charge in [-0.05, 0) is 61.0 Å². The van der Waals surface area contributed by atoms with Crippen LogP contribution in [0.3, 0.4) is 0 Å². The van der Waals surface area contributed by atoms with Gasteiger partial charge in [-0.1, -0.05) is 24.3 Å². The van der Waals surface area contributed by atoms with E-state index in [9.17, 15) is 14.4 Å². The maximum Gasteiger partial charge on any atom is 0.293 e. The van der Waals surface area contributed by atoms with Crippen molar-refractivity contribution in [2.75, 3.05) is 43.5 Å². The topological polar surface area (TPSA) is 115 Å². The lowest BCUT2D eigenvalue weighted by molar-refractivity contribution is 0.0303. The van der Waals surface area contributed by atoms with E-state index in [0.717, 1.165) is 28.9 Å². The highest BCUT2D eigenvalue weighted by Gasteiger charge is 2.19. The lowest BCUT2D eigenvalue weighted by Crippen LogP contribution is -2.40. The first-order chi connectivity index (χ1) is 21.4. The second-order valence-corrected chi connectivity index (χ2v) is 10.7. The van der Waals surface area contributed by atoms with Gasteiger partial charge in [0.15, 0.2) is 5.82 Å². The van der Waals surface area contributed by atoms with Crippen LogP contribution in [0.15, 0.2) is 83.8 Å². The van der Waals surface area contributed by atoms with E-state index in [1.807, 2.05) is 43.3 Å². The van der Waals surface area contributed by atoms with Gasteiger partial charge in [-0.15, -0.1) is 0 Å². The van der Waals surface area contributed by atoms with Gasteiger partial charge in [0, 0.05) is 66.4 Å². The Balaban J connectivity index is 1.20. The van der Waals surface area contributed by atoms with E-state index in [-0.39, 0.29) is 23.2 Å². The number of nitrogens with zero attached hydrogens (tertiary/aromatic N) is 3. The highest BCUT2D eigenvalue weighted by Crippen LogP contribution is 2.29. The fraction of sp³-hybridized carbons (Fsp3) is 0.235. The van der Waals surface area contributed by atoms with Gasteiger partial charge in [-0.2, -0.15) is 0 Å². The van der Waals surface area contributed by atoms with E-state index in [2.05, 4.69) is 15.6 Å². The smallest absolute Gasteiger partial charge is 0.293 e. The van der Waals surface area contributed by atoms with Crippen LogP contribution in [0.4, 0.5) is 17.2 Å². The number of rotatable bonds is 7. The first-order valence-electron chi connectivity index (χ1n) is 14.5. The standard InChI is InChI=1S/C34H33N5O5/c1-22-27(5-3-6-28(22)37-32(40)24-10-8-23(9-11-24)30-7-4-18-44-30)29-21-38(2)34(42)31(36-29)35-26-14-12-25(13-15-26)33(41)39-16-19-43-20-17-39/h3,5-15,21H,4,16-20H2,1-2H3,(H,35,36)(H,37,40). The molecule has 2 aliphatic rings. The molecule has 0 spiro atoms. The molecule has 2 amide bonds. The minimum atomic E-state index is -0.299. The molecule has 4 aromatic rings. The molecule has 2 N–H and O–H groups in total. The van der Waals surface area contributed by atoms with Crippen molar-refractivity contribution in [1.82, 2.24) is 14.5 Å². The quantitative estimate of drug-likeness (QED) is 0.311. The fourth-order valence-corrected chi connectivity index (χ4v) is 5.25. The third-order valence-corrected chi connectivity index (χ3v) is 7.76. The van der Waals surface area contributed by atoms with Gasteiger partial charge in [0.25, 0.3) is 17.4 Å². The Morgan fingerprint density at radius 1 is 0.909 bits per heavy atom. The number of carbonyl (C=O) groups excluding carboxylic acids is 2. The third kappa shape index (κ3) is 6.11. The zero-order valence-electron chi connectivity index (χ0n) is 24.6. The van der Waals surface area contributed by atoms with Crippen LogP contribution in [0.2, 0.25) is 0 Å². The van der Waals surface area contributed by atoms with Crippen molar-refractivity contribution in [3.05, 3.63) is 112 Å². The number of nitrogens with one attached hydrogen (secondary N) is 2. The van der Waals surface area contributed by atoms with Crippen molar-refractivity contribution in [2.45, 2.75) is 13.3 Å². The summed E-state index contributed by atoms with van der Waals surface area (Å²) < 4.78 is 12.4. The number of hydrogen-bond acceptors (Lipinski definition) is 7. The molecule has 0 unspecified atom stereocenters. The highest BCUT2D eigenvalue weighted by atomic mass is 16.5. The van der Waals surface area contributed by atoms with Gasteiger partial charge >= 0.3 is 0 Å². The number of hydrogen-bond donors (Lipinski definition) is 2. The van der Waals surface area contributed by atoms with Crippen molar-refractivity contribution in [2.24, 2.45) is 7.05 Å². The molecule has 10 heteroatoms. The predicted molar refractivity (Wildman–Crippen MR) is 169 cm³/mol. The molecule has 6 rings (SSSR count). The van der Waals surface area contributed by atoms with Crippen LogP contribution < -0.4 is 16.2 Å². The van der Waals surface area contributed by atoms with Gasteiger partial charge in [0.1, 0.15) is 5.76 Å². The Morgan fingerprint density at radius 2 is 1.64 bits per heavy atom. The van der Waals surface area contributed by atoms with Gasteiger partial charge in [0.05, 0.1) is 25.5 Å². The first-order valence-corrected chi connectivity index (χ1v) is 14.5. The van der Waals surface area contributed by atoms with E-state index in [0.29, 0.717) is 61.1 Å². The number of anilines is 3. The Kier molecular flexibility index (Phi) is 8.25. The molecule has 3 aromatic carbocycles. The molecule has 0 bridgehead atoms. The largest absolute Gasteiger partial charge is 0.493 e. The van der Waals surface area contributed by atoms with E-state index in [4.69, 9.17) is 9.47 Å². The van der Waals surface area contributed by atoms with Crippen molar-refractivity contribution < 1.29 is 19.1 Å². The SMILES string of the molecule is Cc1c(NC(=O)c2ccc(C3=CCCO3)cc2)cccc1-c1cn(C)c(=O)c(Nc2ccc(C(=O)N3CCOCC3)cc2)n1. The Hall–Kier alpha value is -5.22. The summed E-state index contributed by atoms with van der Waals surface area (Å²) >= 11 is 0. The number of morpholine rings is 1. The highest BCUT2D eigenvalue weighted by molar-refractivity contribution is 6.05.